The largest absolute Gasteiger partial charge is 0.392 e. The van der Waals surface area contributed by atoms with E-state index in [1.165, 1.54) is 83.5 Å². The molecule has 91 heavy (non-hydrogen) atoms. The van der Waals surface area contributed by atoms with Gasteiger partial charge in [0, 0.05) is 49.0 Å². The Kier molecular flexibility index (Phi) is 28.2. The van der Waals surface area contributed by atoms with Gasteiger partial charge in [-0.25, -0.2) is 0 Å². The molecular weight excluding hydrogens is 1130 g/mol. The van der Waals surface area contributed by atoms with E-state index in [4.69, 9.17) is 5.73 Å². The first kappa shape index (κ1) is 72.6. The number of hydrogen-bond acceptors (Lipinski definition) is 6. The Balaban J connectivity index is 0.000000204. The summed E-state index contributed by atoms with van der Waals surface area (Å²) in [5.74, 6) is 0. The molecule has 10 rings (SSSR count). The summed E-state index contributed by atoms with van der Waals surface area (Å²) < 4.78 is 38.2. The number of alkyl halides is 3. The molecule has 0 bridgehead atoms. The molecule has 0 radical (unpaired) electrons. The molecule has 0 aliphatic carbocycles. The minimum Gasteiger partial charge on any atom is -0.392 e. The van der Waals surface area contributed by atoms with Crippen molar-refractivity contribution in [3.05, 3.63) is 320 Å². The Morgan fingerprint density at radius 2 is 0.670 bits per heavy atom. The van der Waals surface area contributed by atoms with Crippen LogP contribution < -0.4 is 16.4 Å². The zero-order chi connectivity index (χ0) is 64.6. The first-order chi connectivity index (χ1) is 43.3. The molecule has 6 nitrogen and oxygen atoms in total. The molecule has 1 aliphatic heterocycles. The van der Waals surface area contributed by atoms with E-state index in [0.717, 1.165) is 45.2 Å². The van der Waals surface area contributed by atoms with Crippen molar-refractivity contribution in [1.29, 1.82) is 0 Å². The average Bonchev–Trinajstić information content (AvgIpc) is 2.02. The summed E-state index contributed by atoms with van der Waals surface area (Å²) in [4.78, 5) is 0. The van der Waals surface area contributed by atoms with E-state index in [0.29, 0.717) is 19.6 Å². The fourth-order valence-corrected chi connectivity index (χ4v) is 12.1. The van der Waals surface area contributed by atoms with Crippen molar-refractivity contribution in [3.63, 3.8) is 0 Å². The molecule has 0 amide bonds. The van der Waals surface area contributed by atoms with Crippen LogP contribution in [0.2, 0.25) is 0 Å². The number of epoxide rings is 1. The summed E-state index contributed by atoms with van der Waals surface area (Å²) in [6.45, 7) is 20.5. The lowest BCUT2D eigenvalue weighted by Crippen LogP contribution is -2.43. The second kappa shape index (κ2) is 35.4. The highest BCUT2D eigenvalue weighted by Crippen LogP contribution is 2.40. The summed E-state index contributed by atoms with van der Waals surface area (Å²) in [5, 5.41) is 27.4. The van der Waals surface area contributed by atoms with E-state index in [-0.39, 0.29) is 42.5 Å². The number of aliphatic hydroxyl groups is 2. The lowest BCUT2D eigenvalue weighted by molar-refractivity contribution is -0.137. The Bertz CT molecular complexity index is 3260. The summed E-state index contributed by atoms with van der Waals surface area (Å²) in [7, 11) is 0. The van der Waals surface area contributed by atoms with Gasteiger partial charge < -0.3 is 31.3 Å². The molecular formula is C82H100F3N3O3. The molecule has 482 valence electrons. The minimum atomic E-state index is -4.04. The van der Waals surface area contributed by atoms with Crippen molar-refractivity contribution in [1.82, 2.24) is 10.6 Å². The fourth-order valence-electron chi connectivity index (χ4n) is 12.1. The molecule has 9 heteroatoms. The Hall–Kier alpha value is -7.47. The van der Waals surface area contributed by atoms with Crippen molar-refractivity contribution >= 4 is 0 Å². The van der Waals surface area contributed by atoms with Gasteiger partial charge in [-0.1, -0.05) is 291 Å². The molecule has 6 N–H and O–H groups in total. The fraction of sp³-hybridized carbons (Fsp3) is 0.341. The highest BCUT2D eigenvalue weighted by Gasteiger charge is 2.39. The number of nitrogens with one attached hydrogen (secondary N) is 2. The maximum Gasteiger partial charge on any atom is 0.391 e. The second-order valence-electron chi connectivity index (χ2n) is 24.8. The molecule has 1 saturated heterocycles. The van der Waals surface area contributed by atoms with Gasteiger partial charge in [0.25, 0.3) is 0 Å². The zero-order valence-electron chi connectivity index (χ0n) is 54.2. The molecule has 0 aromatic heterocycles. The summed E-state index contributed by atoms with van der Waals surface area (Å²) in [5.41, 5.74) is 25.1. The van der Waals surface area contributed by atoms with Crippen molar-refractivity contribution in [2.75, 3.05) is 39.3 Å². The number of hydrogen-bond donors (Lipinski definition) is 5. The van der Waals surface area contributed by atoms with Gasteiger partial charge in [0.1, 0.15) is 0 Å². The molecule has 9 aromatic carbocycles. The van der Waals surface area contributed by atoms with Crippen LogP contribution in [0.3, 0.4) is 0 Å². The Labute approximate surface area is 543 Å². The van der Waals surface area contributed by atoms with Crippen LogP contribution >= 0.6 is 0 Å². The normalized spacial score (nSPS) is 13.6. The highest BCUT2D eigenvalue weighted by molar-refractivity contribution is 5.48. The SMILES string of the molecule is C.CC[C@@H](O)CNCC(Cc1ccccc1)(c1cccc(C)c1)c1cccc(C)c1.CC[C@H](O)CNCC(Cc1ccccc1)(c1cccc(C)c1)c1cccc(C)c1.Cc1cccc(C(CN)(Cc2ccccc2)c2cccc(C)c2)c1.FC(F)(F)CC1CO1. The first-order valence-corrected chi connectivity index (χ1v) is 32.0. The summed E-state index contributed by atoms with van der Waals surface area (Å²) in [6, 6.07) is 85.1. The quantitative estimate of drug-likeness (QED) is 0.0386. The van der Waals surface area contributed by atoms with Gasteiger partial charge in [0.05, 0.1) is 31.3 Å². The molecule has 1 aliphatic rings. The van der Waals surface area contributed by atoms with Crippen LogP contribution in [0.4, 0.5) is 13.2 Å². The van der Waals surface area contributed by atoms with Gasteiger partial charge in [0.15, 0.2) is 0 Å². The minimum absolute atomic E-state index is 0. The van der Waals surface area contributed by atoms with E-state index >= 15 is 0 Å². The molecule has 1 unspecified atom stereocenters. The molecule has 3 atom stereocenters. The number of aliphatic hydroxyl groups excluding tert-OH is 2. The van der Waals surface area contributed by atoms with Crippen LogP contribution in [0, 0.1) is 41.5 Å². The molecule has 0 saturated carbocycles. The molecule has 9 aromatic rings. The smallest absolute Gasteiger partial charge is 0.391 e. The number of benzene rings is 9. The van der Waals surface area contributed by atoms with Gasteiger partial charge in [0.2, 0.25) is 0 Å². The zero-order valence-corrected chi connectivity index (χ0v) is 54.2. The molecule has 1 heterocycles. The van der Waals surface area contributed by atoms with Crippen molar-refractivity contribution in [3.8, 4) is 0 Å². The third-order valence-electron chi connectivity index (χ3n) is 17.2. The standard InChI is InChI=1S/2C27H33NO.C23H25N.C4H5F3O.CH4/c2*1-4-26(29)19-28-20-27(18-23-12-6-5-7-13-23,24-14-8-10-21(2)16-24)25-15-9-11-22(3)17-25;1-18-8-6-12-21(14-18)23(17-24,16-20-10-4-3-5-11-20)22-13-7-9-19(2)15-22;5-4(6,7)1-3-2-8-3;/h2*5-17,26,28-29H,4,18-20H2,1-3H3;3-15H,16-17,24H2,1-2H3;3H,1-2H2;1H4/t2*26-;;;/m10.../s1. The molecule has 0 spiro atoms. The van der Waals surface area contributed by atoms with Gasteiger partial charge in [-0.15, -0.1) is 0 Å². The number of ether oxygens (including phenoxy) is 1. The third-order valence-corrected chi connectivity index (χ3v) is 17.2. The molecule has 1 fully saturated rings. The lowest BCUT2D eigenvalue weighted by atomic mass is 9.69. The van der Waals surface area contributed by atoms with Gasteiger partial charge >= 0.3 is 6.18 Å². The van der Waals surface area contributed by atoms with Crippen LogP contribution in [-0.2, 0) is 40.2 Å². The third kappa shape index (κ3) is 21.8. The number of nitrogens with two attached hydrogens (primary N) is 1. The number of aryl methyl sites for hydroxylation is 6. The summed E-state index contributed by atoms with van der Waals surface area (Å²) in [6.07, 6.45) is -1.78. The average molecular weight is 1230 g/mol. The lowest BCUT2D eigenvalue weighted by Gasteiger charge is -2.37. The Morgan fingerprint density at radius 3 is 0.879 bits per heavy atom. The number of halogens is 3. The van der Waals surface area contributed by atoms with Gasteiger partial charge in [-0.2, -0.15) is 13.2 Å². The maximum absolute atomic E-state index is 11.3. The van der Waals surface area contributed by atoms with Gasteiger partial charge in [-0.05, 0) is 124 Å². The highest BCUT2D eigenvalue weighted by atomic mass is 19.4. The van der Waals surface area contributed by atoms with E-state index < -0.39 is 18.7 Å². The van der Waals surface area contributed by atoms with Crippen molar-refractivity contribution < 1.29 is 28.1 Å². The topological polar surface area (TPSA) is 103 Å². The monoisotopic (exact) mass is 1230 g/mol. The van der Waals surface area contributed by atoms with E-state index in [1.807, 2.05) is 13.8 Å². The van der Waals surface area contributed by atoms with E-state index in [2.05, 4.69) is 294 Å². The van der Waals surface area contributed by atoms with Gasteiger partial charge in [-0.3, -0.25) is 0 Å². The van der Waals surface area contributed by atoms with Crippen molar-refractivity contribution in [2.45, 2.75) is 142 Å². The predicted octanol–water partition coefficient (Wildman–Crippen LogP) is 17.2. The first-order valence-electron chi connectivity index (χ1n) is 32.0. The van der Waals surface area contributed by atoms with Crippen LogP contribution in [0.25, 0.3) is 0 Å². The van der Waals surface area contributed by atoms with E-state index in [9.17, 15) is 23.4 Å². The Morgan fingerprint density at radius 1 is 0.418 bits per heavy atom. The van der Waals surface area contributed by atoms with Crippen LogP contribution in [0.1, 0.15) is 124 Å². The second-order valence-corrected chi connectivity index (χ2v) is 24.8. The van der Waals surface area contributed by atoms with Crippen LogP contribution in [-0.4, -0.2) is 74.0 Å². The van der Waals surface area contributed by atoms with Crippen LogP contribution in [0.5, 0.6) is 0 Å². The van der Waals surface area contributed by atoms with Crippen LogP contribution in [0.15, 0.2) is 237 Å². The summed E-state index contributed by atoms with van der Waals surface area (Å²) >= 11 is 0. The maximum atomic E-state index is 11.3. The predicted molar refractivity (Wildman–Crippen MR) is 374 cm³/mol. The van der Waals surface area contributed by atoms with Crippen molar-refractivity contribution in [2.24, 2.45) is 5.73 Å². The number of rotatable bonds is 24. The van der Waals surface area contributed by atoms with E-state index in [1.54, 1.807) is 0 Å².